The van der Waals surface area contributed by atoms with Crippen LogP contribution in [0.4, 0.5) is 9.18 Å². The topological polar surface area (TPSA) is 53.9 Å². The Hall–Kier alpha value is -2.11. The molecule has 0 unspecified atom stereocenters. The average Bonchev–Trinajstić information content (AvgIpc) is 2.92. The van der Waals surface area contributed by atoms with Gasteiger partial charge in [0, 0.05) is 24.6 Å². The first kappa shape index (κ1) is 16.3. The molecular weight excluding hydrogens is 285 g/mol. The van der Waals surface area contributed by atoms with Crippen molar-refractivity contribution in [3.8, 4) is 0 Å². The fourth-order valence-corrected chi connectivity index (χ4v) is 2.30. The zero-order valence-corrected chi connectivity index (χ0v) is 13.2. The third-order valence-electron chi connectivity index (χ3n) is 3.40. The molecule has 0 aliphatic carbocycles. The number of likely N-dealkylation sites (N-methyl/N-ethyl adjacent to an activating group) is 1. The molecule has 0 bridgehead atoms. The summed E-state index contributed by atoms with van der Waals surface area (Å²) in [5.74, 6) is -0.296. The molecule has 0 fully saturated rings. The molecule has 1 aliphatic heterocycles. The van der Waals surface area contributed by atoms with Gasteiger partial charge in [-0.15, -0.1) is 0 Å². The molecule has 1 heterocycles. The molecule has 6 heteroatoms. The summed E-state index contributed by atoms with van der Waals surface area (Å²) in [6.07, 6.45) is 0.366. The Morgan fingerprint density at radius 1 is 1.55 bits per heavy atom. The summed E-state index contributed by atoms with van der Waals surface area (Å²) in [4.78, 5) is 19.1. The quantitative estimate of drug-likeness (QED) is 0.909. The predicted octanol–water partition coefficient (Wildman–Crippen LogP) is 2.76. The molecule has 1 aromatic rings. The zero-order chi connectivity index (χ0) is 16.1. The number of hydrogen-bond donors (Lipinski definition) is 1. The molecule has 1 N–H and O–H groups in total. The van der Waals surface area contributed by atoms with Gasteiger partial charge < -0.3 is 15.1 Å². The number of benzene rings is 1. The Kier molecular flexibility index (Phi) is 5.35. The second-order valence-electron chi connectivity index (χ2n) is 5.62. The summed E-state index contributed by atoms with van der Waals surface area (Å²) in [7, 11) is 0. The highest BCUT2D eigenvalue weighted by atomic mass is 19.1. The first-order chi connectivity index (χ1) is 10.5. The average molecular weight is 307 g/mol. The van der Waals surface area contributed by atoms with Crippen LogP contribution in [0.25, 0.3) is 0 Å². The van der Waals surface area contributed by atoms with Gasteiger partial charge in [0.2, 0.25) is 0 Å². The number of urea groups is 1. The number of nitrogens with one attached hydrogen (secondary N) is 1. The lowest BCUT2D eigenvalue weighted by molar-refractivity contribution is 0.0614. The van der Waals surface area contributed by atoms with E-state index in [0.717, 1.165) is 5.56 Å². The van der Waals surface area contributed by atoms with Crippen LogP contribution in [0, 0.1) is 5.82 Å². The smallest absolute Gasteiger partial charge is 0.317 e. The van der Waals surface area contributed by atoms with E-state index < -0.39 is 0 Å². The van der Waals surface area contributed by atoms with Gasteiger partial charge in [-0.05, 0) is 32.9 Å². The highest BCUT2D eigenvalue weighted by Gasteiger charge is 2.26. The van der Waals surface area contributed by atoms with Crippen molar-refractivity contribution in [2.75, 3.05) is 13.1 Å². The molecule has 2 amide bonds. The lowest BCUT2D eigenvalue weighted by Gasteiger charge is -2.24. The van der Waals surface area contributed by atoms with Gasteiger partial charge in [-0.25, -0.2) is 9.18 Å². The fourth-order valence-electron chi connectivity index (χ4n) is 2.30. The number of carbonyl (C=O) groups is 1. The number of oxime groups is 1. The number of nitrogens with zero attached hydrogens (tertiary/aromatic N) is 2. The van der Waals surface area contributed by atoms with Crippen LogP contribution in [0.3, 0.4) is 0 Å². The van der Waals surface area contributed by atoms with Crippen LogP contribution in [0.1, 0.15) is 32.8 Å². The number of rotatable bonds is 5. The van der Waals surface area contributed by atoms with Gasteiger partial charge in [0.1, 0.15) is 5.82 Å². The van der Waals surface area contributed by atoms with E-state index in [0.29, 0.717) is 25.2 Å². The fraction of sp³-hybridized carbons (Fsp3) is 0.500. The van der Waals surface area contributed by atoms with Crippen LogP contribution in [0.5, 0.6) is 0 Å². The maximum Gasteiger partial charge on any atom is 0.317 e. The third-order valence-corrected chi connectivity index (χ3v) is 3.40. The standard InChI is InChI=1S/C16H22FN3O2/c1-4-20(16(21)18-11(2)3)10-14-9-15(19-22-14)12-6-5-7-13(17)8-12/h5-8,11,14H,4,9-10H2,1-3H3,(H,18,21)/t14-/m0/s1. The Labute approximate surface area is 130 Å². The number of hydrogen-bond acceptors (Lipinski definition) is 3. The molecule has 0 saturated carbocycles. The second-order valence-corrected chi connectivity index (χ2v) is 5.62. The monoisotopic (exact) mass is 307 g/mol. The molecule has 22 heavy (non-hydrogen) atoms. The van der Waals surface area contributed by atoms with Crippen molar-refractivity contribution in [2.24, 2.45) is 5.16 Å². The van der Waals surface area contributed by atoms with E-state index in [1.54, 1.807) is 17.0 Å². The Morgan fingerprint density at radius 3 is 2.95 bits per heavy atom. The normalized spacial score (nSPS) is 17.1. The maximum atomic E-state index is 13.3. The third kappa shape index (κ3) is 4.19. The molecular formula is C16H22FN3O2. The minimum atomic E-state index is -0.296. The van der Waals surface area contributed by atoms with Crippen LogP contribution < -0.4 is 5.32 Å². The van der Waals surface area contributed by atoms with E-state index in [2.05, 4.69) is 10.5 Å². The van der Waals surface area contributed by atoms with Crippen molar-refractivity contribution in [2.45, 2.75) is 39.3 Å². The molecule has 0 spiro atoms. The SMILES string of the molecule is CCN(C[C@@H]1CC(c2cccc(F)c2)=NO1)C(=O)NC(C)C. The number of halogens is 1. The van der Waals surface area contributed by atoms with Crippen molar-refractivity contribution < 1.29 is 14.0 Å². The van der Waals surface area contributed by atoms with Crippen molar-refractivity contribution in [3.05, 3.63) is 35.6 Å². The first-order valence-corrected chi connectivity index (χ1v) is 7.53. The first-order valence-electron chi connectivity index (χ1n) is 7.53. The molecule has 1 atom stereocenters. The molecule has 5 nitrogen and oxygen atoms in total. The molecule has 0 aromatic heterocycles. The number of carbonyl (C=O) groups excluding carboxylic acids is 1. The summed E-state index contributed by atoms with van der Waals surface area (Å²) in [6, 6.07) is 6.26. The molecule has 1 aromatic carbocycles. The van der Waals surface area contributed by atoms with E-state index in [9.17, 15) is 9.18 Å². The lowest BCUT2D eigenvalue weighted by atomic mass is 10.0. The number of amides is 2. The van der Waals surface area contributed by atoms with Crippen LogP contribution in [-0.2, 0) is 4.84 Å². The minimum absolute atomic E-state index is 0.0881. The second kappa shape index (κ2) is 7.24. The van der Waals surface area contributed by atoms with E-state index in [1.165, 1.54) is 12.1 Å². The largest absolute Gasteiger partial charge is 0.390 e. The zero-order valence-electron chi connectivity index (χ0n) is 13.2. The Bertz CT molecular complexity index is 560. The van der Waals surface area contributed by atoms with E-state index >= 15 is 0 Å². The molecule has 1 aliphatic rings. The van der Waals surface area contributed by atoms with Gasteiger partial charge in [-0.1, -0.05) is 17.3 Å². The van der Waals surface area contributed by atoms with Crippen molar-refractivity contribution in [1.82, 2.24) is 10.2 Å². The summed E-state index contributed by atoms with van der Waals surface area (Å²) >= 11 is 0. The lowest BCUT2D eigenvalue weighted by Crippen LogP contribution is -2.45. The Balaban J connectivity index is 1.92. The van der Waals surface area contributed by atoms with Gasteiger partial charge in [0.25, 0.3) is 0 Å². The van der Waals surface area contributed by atoms with Crippen LogP contribution in [0.2, 0.25) is 0 Å². The summed E-state index contributed by atoms with van der Waals surface area (Å²) in [6.45, 7) is 6.81. The van der Waals surface area contributed by atoms with Crippen LogP contribution in [0.15, 0.2) is 29.4 Å². The van der Waals surface area contributed by atoms with E-state index in [4.69, 9.17) is 4.84 Å². The van der Waals surface area contributed by atoms with Gasteiger partial charge >= 0.3 is 6.03 Å². The molecule has 0 radical (unpaired) electrons. The van der Waals surface area contributed by atoms with Gasteiger partial charge in [0.15, 0.2) is 6.10 Å². The van der Waals surface area contributed by atoms with Gasteiger partial charge in [-0.2, -0.15) is 0 Å². The highest BCUT2D eigenvalue weighted by Crippen LogP contribution is 2.18. The van der Waals surface area contributed by atoms with Gasteiger partial charge in [-0.3, -0.25) is 0 Å². The molecule has 2 rings (SSSR count). The van der Waals surface area contributed by atoms with Crippen molar-refractivity contribution in [3.63, 3.8) is 0 Å². The molecule has 0 saturated heterocycles. The van der Waals surface area contributed by atoms with Gasteiger partial charge in [0.05, 0.1) is 12.3 Å². The van der Waals surface area contributed by atoms with Crippen LogP contribution in [-0.4, -0.2) is 41.9 Å². The minimum Gasteiger partial charge on any atom is -0.390 e. The predicted molar refractivity (Wildman–Crippen MR) is 83.3 cm³/mol. The van der Waals surface area contributed by atoms with Crippen molar-refractivity contribution >= 4 is 11.7 Å². The Morgan fingerprint density at radius 2 is 2.32 bits per heavy atom. The van der Waals surface area contributed by atoms with Crippen LogP contribution >= 0.6 is 0 Å². The van der Waals surface area contributed by atoms with Crippen molar-refractivity contribution in [1.29, 1.82) is 0 Å². The molecule has 120 valence electrons. The highest BCUT2D eigenvalue weighted by molar-refractivity contribution is 6.01. The maximum absolute atomic E-state index is 13.3. The van der Waals surface area contributed by atoms with E-state index in [1.807, 2.05) is 20.8 Å². The van der Waals surface area contributed by atoms with E-state index in [-0.39, 0.29) is 24.0 Å². The summed E-state index contributed by atoms with van der Waals surface area (Å²) in [5, 5.41) is 6.89. The summed E-state index contributed by atoms with van der Waals surface area (Å²) < 4.78 is 13.3. The summed E-state index contributed by atoms with van der Waals surface area (Å²) in [5.41, 5.74) is 1.43.